The van der Waals surface area contributed by atoms with Crippen LogP contribution in [-0.2, 0) is 14.4 Å². The summed E-state index contributed by atoms with van der Waals surface area (Å²) in [4.78, 5) is 49.6. The van der Waals surface area contributed by atoms with Crippen molar-refractivity contribution in [3.8, 4) is 5.75 Å². The van der Waals surface area contributed by atoms with E-state index in [1.807, 2.05) is 0 Å². The van der Waals surface area contributed by atoms with Crippen molar-refractivity contribution in [3.05, 3.63) is 71.9 Å². The molecule has 2 aliphatic heterocycles. The average molecular weight is 463 g/mol. The normalized spacial score (nSPS) is 19.8. The maximum atomic E-state index is 13.4. The SMILES string of the molecule is COc1ccc(N2NOC(=O)/C2=C\C(=NC(=O)c2ccccc2)C(=O)N2CCCC(C)C2)cc1. The number of likely N-dealkylation sites (tertiary alicyclic amines) is 1. The van der Waals surface area contributed by atoms with Crippen LogP contribution in [0.2, 0.25) is 0 Å². The zero-order valence-corrected chi connectivity index (χ0v) is 19.1. The summed E-state index contributed by atoms with van der Waals surface area (Å²) in [6, 6.07) is 15.4. The van der Waals surface area contributed by atoms with E-state index in [4.69, 9.17) is 9.57 Å². The quantitative estimate of drug-likeness (QED) is 0.539. The van der Waals surface area contributed by atoms with Gasteiger partial charge in [0.25, 0.3) is 11.8 Å². The van der Waals surface area contributed by atoms with E-state index in [9.17, 15) is 14.4 Å². The first-order valence-corrected chi connectivity index (χ1v) is 11.1. The van der Waals surface area contributed by atoms with Crippen LogP contribution in [0.4, 0.5) is 5.69 Å². The third-order valence-electron chi connectivity index (χ3n) is 5.69. The minimum absolute atomic E-state index is 0.0307. The Morgan fingerprint density at radius 3 is 2.56 bits per heavy atom. The van der Waals surface area contributed by atoms with Crippen LogP contribution in [0, 0.1) is 5.92 Å². The van der Waals surface area contributed by atoms with E-state index in [2.05, 4.69) is 17.5 Å². The summed E-state index contributed by atoms with van der Waals surface area (Å²) in [5.74, 6) is -0.689. The van der Waals surface area contributed by atoms with Crippen LogP contribution in [0.5, 0.6) is 5.75 Å². The molecule has 2 aromatic carbocycles. The molecule has 2 fully saturated rings. The Labute approximate surface area is 197 Å². The van der Waals surface area contributed by atoms with Gasteiger partial charge in [-0.3, -0.25) is 9.59 Å². The Kier molecular flexibility index (Phi) is 7.03. The van der Waals surface area contributed by atoms with Crippen molar-refractivity contribution < 1.29 is 24.0 Å². The fourth-order valence-corrected chi connectivity index (χ4v) is 3.89. The predicted octanol–water partition coefficient (Wildman–Crippen LogP) is 2.90. The van der Waals surface area contributed by atoms with Gasteiger partial charge in [-0.1, -0.05) is 30.7 Å². The zero-order valence-electron chi connectivity index (χ0n) is 19.1. The number of nitrogens with one attached hydrogen (secondary N) is 1. The number of hydrogen-bond donors (Lipinski definition) is 1. The molecule has 0 spiro atoms. The highest BCUT2D eigenvalue weighted by Crippen LogP contribution is 2.25. The number of carbonyl (C=O) groups excluding carboxylic acids is 3. The number of rotatable bonds is 5. The van der Waals surface area contributed by atoms with Crippen LogP contribution in [0.25, 0.3) is 0 Å². The first kappa shape index (κ1) is 23.2. The molecule has 1 unspecified atom stereocenters. The maximum Gasteiger partial charge on any atom is 0.376 e. The van der Waals surface area contributed by atoms with Crippen molar-refractivity contribution in [1.29, 1.82) is 0 Å². The topological polar surface area (TPSA) is 101 Å². The molecule has 0 saturated carbocycles. The molecule has 2 amide bonds. The maximum absolute atomic E-state index is 13.4. The second-order valence-electron chi connectivity index (χ2n) is 8.21. The lowest BCUT2D eigenvalue weighted by atomic mass is 10.00. The molecule has 0 aliphatic carbocycles. The molecule has 1 atom stereocenters. The number of amides is 2. The van der Waals surface area contributed by atoms with E-state index in [1.54, 1.807) is 66.6 Å². The van der Waals surface area contributed by atoms with Gasteiger partial charge >= 0.3 is 5.97 Å². The standard InChI is InChI=1S/C25H26N4O5/c1-17-7-6-14-28(16-17)24(31)21(26-23(30)18-8-4-3-5-9-18)15-22-25(32)34-27-29(22)19-10-12-20(33-2)13-11-19/h3-5,8-13,15,17,27H,6-7,14,16H2,1-2H3/b22-15+,26-21?. The summed E-state index contributed by atoms with van der Waals surface area (Å²) in [5, 5.41) is 1.39. The molecule has 1 N–H and O–H groups in total. The van der Waals surface area contributed by atoms with Gasteiger partial charge in [-0.2, -0.15) is 0 Å². The third-order valence-corrected chi connectivity index (χ3v) is 5.69. The van der Waals surface area contributed by atoms with Gasteiger partial charge in [-0.15, -0.1) is 0 Å². The number of hydrazine groups is 1. The van der Waals surface area contributed by atoms with E-state index in [1.165, 1.54) is 11.1 Å². The molecule has 2 aliphatic rings. The van der Waals surface area contributed by atoms with Crippen molar-refractivity contribution >= 4 is 29.2 Å². The highest BCUT2D eigenvalue weighted by molar-refractivity contribution is 6.45. The molecule has 176 valence electrons. The Bertz CT molecular complexity index is 1130. The van der Waals surface area contributed by atoms with E-state index in [0.29, 0.717) is 36.0 Å². The highest BCUT2D eigenvalue weighted by Gasteiger charge is 2.32. The van der Waals surface area contributed by atoms with Gasteiger partial charge in [0.2, 0.25) is 0 Å². The van der Waals surface area contributed by atoms with Gasteiger partial charge in [-0.25, -0.2) is 14.8 Å². The molecular formula is C25H26N4O5. The van der Waals surface area contributed by atoms with E-state index < -0.39 is 17.8 Å². The van der Waals surface area contributed by atoms with Gasteiger partial charge in [0.1, 0.15) is 11.5 Å². The summed E-state index contributed by atoms with van der Waals surface area (Å²) in [5.41, 5.74) is 3.36. The average Bonchev–Trinajstić information content (AvgIpc) is 3.23. The highest BCUT2D eigenvalue weighted by atomic mass is 16.7. The Hall–Kier alpha value is -3.98. The Morgan fingerprint density at radius 1 is 1.15 bits per heavy atom. The minimum Gasteiger partial charge on any atom is -0.497 e. The van der Waals surface area contributed by atoms with Crippen molar-refractivity contribution in [2.24, 2.45) is 10.9 Å². The van der Waals surface area contributed by atoms with Gasteiger partial charge < -0.3 is 14.5 Å². The van der Waals surface area contributed by atoms with Crippen molar-refractivity contribution in [1.82, 2.24) is 10.5 Å². The van der Waals surface area contributed by atoms with Gasteiger partial charge in [0.05, 0.1) is 12.8 Å². The molecular weight excluding hydrogens is 436 g/mol. The number of ether oxygens (including phenoxy) is 1. The number of aliphatic imine (C=N–C) groups is 1. The number of carbonyl (C=O) groups is 3. The number of methoxy groups -OCH3 is 1. The fourth-order valence-electron chi connectivity index (χ4n) is 3.89. The van der Waals surface area contributed by atoms with Crippen LogP contribution >= 0.6 is 0 Å². The van der Waals surface area contributed by atoms with E-state index in [0.717, 1.165) is 12.8 Å². The molecule has 34 heavy (non-hydrogen) atoms. The molecule has 0 aromatic heterocycles. The lowest BCUT2D eigenvalue weighted by molar-refractivity contribution is -0.140. The predicted molar refractivity (Wildman–Crippen MR) is 126 cm³/mol. The molecule has 4 rings (SSSR count). The smallest absolute Gasteiger partial charge is 0.376 e. The molecule has 0 bridgehead atoms. The zero-order chi connectivity index (χ0) is 24.1. The first-order valence-electron chi connectivity index (χ1n) is 11.1. The Morgan fingerprint density at radius 2 is 1.88 bits per heavy atom. The Balaban J connectivity index is 1.71. The number of nitrogens with zero attached hydrogens (tertiary/aromatic N) is 3. The second kappa shape index (κ2) is 10.3. The van der Waals surface area contributed by atoms with Crippen LogP contribution in [0.15, 0.2) is 71.4 Å². The summed E-state index contributed by atoms with van der Waals surface area (Å²) in [6.07, 6.45) is 3.20. The largest absolute Gasteiger partial charge is 0.497 e. The van der Waals surface area contributed by atoms with Crippen LogP contribution in [0.1, 0.15) is 30.1 Å². The molecule has 9 heteroatoms. The molecule has 0 radical (unpaired) electrons. The van der Waals surface area contributed by atoms with E-state index >= 15 is 0 Å². The lowest BCUT2D eigenvalue weighted by Crippen LogP contribution is -2.43. The van der Waals surface area contributed by atoms with Crippen molar-refractivity contribution in [2.75, 3.05) is 25.2 Å². The summed E-state index contributed by atoms with van der Waals surface area (Å²) >= 11 is 0. The van der Waals surface area contributed by atoms with Crippen LogP contribution < -0.4 is 15.3 Å². The third kappa shape index (κ3) is 5.15. The van der Waals surface area contributed by atoms with Gasteiger partial charge in [0, 0.05) is 24.7 Å². The fraction of sp³-hybridized carbons (Fsp3) is 0.280. The van der Waals surface area contributed by atoms with Crippen LogP contribution in [-0.4, -0.2) is 48.6 Å². The molecule has 2 heterocycles. The molecule has 2 aromatic rings. The monoisotopic (exact) mass is 462 g/mol. The second-order valence-corrected chi connectivity index (χ2v) is 8.21. The number of piperidine rings is 1. The minimum atomic E-state index is -0.699. The van der Waals surface area contributed by atoms with Crippen LogP contribution in [0.3, 0.4) is 0 Å². The van der Waals surface area contributed by atoms with Crippen molar-refractivity contribution in [2.45, 2.75) is 19.8 Å². The molecule has 2 saturated heterocycles. The van der Waals surface area contributed by atoms with Crippen molar-refractivity contribution in [3.63, 3.8) is 0 Å². The number of hydrogen-bond acceptors (Lipinski definition) is 7. The number of benzene rings is 2. The summed E-state index contributed by atoms with van der Waals surface area (Å²) in [6.45, 7) is 3.20. The number of anilines is 1. The van der Waals surface area contributed by atoms with E-state index in [-0.39, 0.29) is 11.4 Å². The summed E-state index contributed by atoms with van der Waals surface area (Å²) in [7, 11) is 1.56. The summed E-state index contributed by atoms with van der Waals surface area (Å²) < 4.78 is 5.18. The molecule has 9 nitrogen and oxygen atoms in total. The van der Waals surface area contributed by atoms with Gasteiger partial charge in [-0.05, 0) is 55.2 Å². The van der Waals surface area contributed by atoms with Gasteiger partial charge in [0.15, 0.2) is 5.70 Å². The lowest BCUT2D eigenvalue weighted by Gasteiger charge is -2.30. The first-order chi connectivity index (χ1) is 16.5.